The molecule has 0 saturated carbocycles. The smallest absolute Gasteiger partial charge is 0.273 e. The summed E-state index contributed by atoms with van der Waals surface area (Å²) in [6.45, 7) is 11.6. The molecule has 0 bridgehead atoms. The first-order valence-electron chi connectivity index (χ1n) is 15.0. The summed E-state index contributed by atoms with van der Waals surface area (Å²) in [7, 11) is 2.06. The number of aromatic nitrogens is 4. The average molecular weight is 663 g/mol. The van der Waals surface area contributed by atoms with E-state index in [9.17, 15) is 9.59 Å². The molecule has 2 aliphatic rings. The fraction of sp³-hybridized carbons (Fsp3) is 0.500. The molecule has 242 valence electrons. The number of morpholine rings is 1. The second kappa shape index (κ2) is 14.4. The summed E-state index contributed by atoms with van der Waals surface area (Å²) in [5.41, 5.74) is 1.51. The SMILES string of the molecule is Cc1c(Cl)ncc(C(=O)Nc2cc(-n3cc(C(=O)NCCCN4CCOCC4)nn3)c(F)cc2N2C[C@@H](C)N(C)[C@@H](C)C2)c1Cl. The van der Waals surface area contributed by atoms with Gasteiger partial charge in [0, 0.05) is 62.6 Å². The summed E-state index contributed by atoms with van der Waals surface area (Å²) < 4.78 is 22.4. The van der Waals surface area contributed by atoms with E-state index < -0.39 is 17.6 Å². The van der Waals surface area contributed by atoms with Crippen molar-refractivity contribution in [1.82, 2.24) is 35.1 Å². The zero-order chi connectivity index (χ0) is 32.2. The lowest BCUT2D eigenvalue weighted by atomic mass is 10.1. The quantitative estimate of drug-likeness (QED) is 0.262. The maximum absolute atomic E-state index is 15.8. The van der Waals surface area contributed by atoms with Crippen molar-refractivity contribution < 1.29 is 18.7 Å². The molecule has 2 atom stereocenters. The van der Waals surface area contributed by atoms with Crippen molar-refractivity contribution in [1.29, 1.82) is 0 Å². The number of hydrogen-bond donors (Lipinski definition) is 2. The Morgan fingerprint density at radius 2 is 1.80 bits per heavy atom. The molecule has 1 aromatic carbocycles. The fourth-order valence-electron chi connectivity index (χ4n) is 5.51. The Labute approximate surface area is 271 Å². The minimum Gasteiger partial charge on any atom is -0.379 e. The minimum absolute atomic E-state index is 0.0136. The number of benzene rings is 1. The molecule has 15 heteroatoms. The summed E-state index contributed by atoms with van der Waals surface area (Å²) in [6.07, 6.45) is 3.44. The standard InChI is InChI=1S/C30H38Cl2FN9O3/c1-18-15-41(16-19(2)39(18)4)26-12-22(33)25(13-23(26)36-29(43)21-14-35-28(32)20(3)27(21)31)42-17-24(37-38-42)30(44)34-6-5-7-40-8-10-45-11-9-40/h12-14,17-19H,5-11,15-16H2,1-4H3,(H,34,44)(H,36,43)/t18-,19+. The van der Waals surface area contributed by atoms with Crippen LogP contribution in [0, 0.1) is 12.7 Å². The third-order valence-corrected chi connectivity index (χ3v) is 9.32. The monoisotopic (exact) mass is 661 g/mol. The number of rotatable bonds is 9. The molecule has 2 aromatic heterocycles. The second-order valence-corrected chi connectivity index (χ2v) is 12.3. The van der Waals surface area contributed by atoms with Gasteiger partial charge in [-0.05, 0) is 46.9 Å². The predicted molar refractivity (Wildman–Crippen MR) is 171 cm³/mol. The molecule has 2 aliphatic heterocycles. The molecule has 2 saturated heterocycles. The maximum Gasteiger partial charge on any atom is 0.273 e. The van der Waals surface area contributed by atoms with Gasteiger partial charge in [-0.2, -0.15) is 0 Å². The van der Waals surface area contributed by atoms with Crippen molar-refractivity contribution in [3.8, 4) is 5.69 Å². The molecule has 2 fully saturated rings. The first kappa shape index (κ1) is 33.0. The Bertz CT molecular complexity index is 1540. The first-order valence-corrected chi connectivity index (χ1v) is 15.7. The Hall–Kier alpha value is -3.36. The molecular formula is C30H38Cl2FN9O3. The summed E-state index contributed by atoms with van der Waals surface area (Å²) in [5, 5.41) is 14.1. The van der Waals surface area contributed by atoms with E-state index in [4.69, 9.17) is 27.9 Å². The van der Waals surface area contributed by atoms with Crippen molar-refractivity contribution in [2.75, 3.05) is 69.7 Å². The van der Waals surface area contributed by atoms with Crippen LogP contribution >= 0.6 is 23.2 Å². The molecule has 0 aliphatic carbocycles. The van der Waals surface area contributed by atoms with Gasteiger partial charge in [-0.15, -0.1) is 5.10 Å². The van der Waals surface area contributed by atoms with Gasteiger partial charge in [-0.3, -0.25) is 19.4 Å². The summed E-state index contributed by atoms with van der Waals surface area (Å²) in [5.74, 6) is -1.53. The van der Waals surface area contributed by atoms with Gasteiger partial charge in [0.1, 0.15) is 10.8 Å². The summed E-state index contributed by atoms with van der Waals surface area (Å²) in [6, 6.07) is 3.22. The summed E-state index contributed by atoms with van der Waals surface area (Å²) in [4.78, 5) is 36.9. The van der Waals surface area contributed by atoms with Crippen LogP contribution in [0.5, 0.6) is 0 Å². The number of nitrogens with one attached hydrogen (secondary N) is 2. The highest BCUT2D eigenvalue weighted by Crippen LogP contribution is 2.34. The van der Waals surface area contributed by atoms with Crippen molar-refractivity contribution in [3.63, 3.8) is 0 Å². The van der Waals surface area contributed by atoms with E-state index in [1.165, 1.54) is 29.2 Å². The second-order valence-electron chi connectivity index (χ2n) is 11.6. The van der Waals surface area contributed by atoms with Crippen LogP contribution in [0.2, 0.25) is 10.2 Å². The van der Waals surface area contributed by atoms with E-state index >= 15 is 4.39 Å². The highest BCUT2D eigenvalue weighted by molar-refractivity contribution is 6.37. The first-order chi connectivity index (χ1) is 21.5. The zero-order valence-corrected chi connectivity index (χ0v) is 27.3. The Balaban J connectivity index is 1.38. The van der Waals surface area contributed by atoms with Gasteiger partial charge in [0.2, 0.25) is 0 Å². The number of ether oxygens (including phenoxy) is 1. The van der Waals surface area contributed by atoms with Crippen LogP contribution in [0.4, 0.5) is 15.8 Å². The van der Waals surface area contributed by atoms with Crippen LogP contribution in [0.25, 0.3) is 5.69 Å². The van der Waals surface area contributed by atoms with Gasteiger partial charge in [0.05, 0.1) is 41.4 Å². The van der Waals surface area contributed by atoms with Gasteiger partial charge >= 0.3 is 0 Å². The van der Waals surface area contributed by atoms with Crippen LogP contribution in [0.3, 0.4) is 0 Å². The Morgan fingerprint density at radius 3 is 2.51 bits per heavy atom. The number of halogens is 3. The lowest BCUT2D eigenvalue weighted by Gasteiger charge is -2.44. The van der Waals surface area contributed by atoms with E-state index in [2.05, 4.69) is 56.6 Å². The highest BCUT2D eigenvalue weighted by atomic mass is 35.5. The zero-order valence-electron chi connectivity index (χ0n) is 25.8. The molecule has 0 radical (unpaired) electrons. The molecule has 3 aromatic rings. The van der Waals surface area contributed by atoms with E-state index in [1.54, 1.807) is 6.92 Å². The minimum atomic E-state index is -0.591. The molecule has 5 rings (SSSR count). The van der Waals surface area contributed by atoms with E-state index in [1.807, 2.05) is 4.90 Å². The molecule has 45 heavy (non-hydrogen) atoms. The van der Waals surface area contributed by atoms with Gasteiger partial charge in [0.25, 0.3) is 11.8 Å². The lowest BCUT2D eigenvalue weighted by Crippen LogP contribution is -2.55. The van der Waals surface area contributed by atoms with Crippen LogP contribution in [0.1, 0.15) is 46.7 Å². The Morgan fingerprint density at radius 1 is 1.09 bits per heavy atom. The van der Waals surface area contributed by atoms with Crippen molar-refractivity contribution in [3.05, 3.63) is 57.3 Å². The van der Waals surface area contributed by atoms with Gasteiger partial charge < -0.3 is 20.3 Å². The third kappa shape index (κ3) is 7.55. The van der Waals surface area contributed by atoms with E-state index in [-0.39, 0.29) is 39.2 Å². The molecule has 0 unspecified atom stereocenters. The van der Waals surface area contributed by atoms with Crippen LogP contribution in [0.15, 0.2) is 24.5 Å². The number of piperazine rings is 1. The fourth-order valence-corrected chi connectivity index (χ4v) is 5.93. The van der Waals surface area contributed by atoms with E-state index in [0.29, 0.717) is 36.6 Å². The maximum atomic E-state index is 15.8. The number of pyridine rings is 1. The lowest BCUT2D eigenvalue weighted by molar-refractivity contribution is 0.0374. The van der Waals surface area contributed by atoms with Crippen molar-refractivity contribution >= 4 is 46.4 Å². The van der Waals surface area contributed by atoms with Crippen LogP contribution in [-0.4, -0.2) is 113 Å². The predicted octanol–water partition coefficient (Wildman–Crippen LogP) is 3.65. The number of nitrogens with zero attached hydrogens (tertiary/aromatic N) is 7. The molecule has 12 nitrogen and oxygen atoms in total. The number of amides is 2. The molecule has 2 N–H and O–H groups in total. The topological polar surface area (TPSA) is 121 Å². The van der Waals surface area contributed by atoms with E-state index in [0.717, 1.165) is 39.3 Å². The van der Waals surface area contributed by atoms with Crippen molar-refractivity contribution in [2.45, 2.75) is 39.3 Å². The number of hydrogen-bond acceptors (Lipinski definition) is 9. The highest BCUT2D eigenvalue weighted by Gasteiger charge is 2.30. The largest absolute Gasteiger partial charge is 0.379 e. The number of likely N-dealkylation sites (N-methyl/N-ethyl adjacent to an activating group) is 1. The normalized spacial score (nSPS) is 19.5. The third-order valence-electron chi connectivity index (χ3n) is 8.45. The number of carbonyl (C=O) groups excluding carboxylic acids is 2. The van der Waals surface area contributed by atoms with Gasteiger partial charge in [-0.25, -0.2) is 14.1 Å². The molecule has 2 amide bonds. The summed E-state index contributed by atoms with van der Waals surface area (Å²) >= 11 is 12.5. The van der Waals surface area contributed by atoms with Crippen LogP contribution in [-0.2, 0) is 4.74 Å². The van der Waals surface area contributed by atoms with Gasteiger partial charge in [-0.1, -0.05) is 28.4 Å². The van der Waals surface area contributed by atoms with Crippen LogP contribution < -0.4 is 15.5 Å². The van der Waals surface area contributed by atoms with Crippen molar-refractivity contribution in [2.24, 2.45) is 0 Å². The number of anilines is 2. The molecular weight excluding hydrogens is 624 g/mol. The Kier molecular flexibility index (Phi) is 10.6. The molecule has 0 spiro atoms. The number of carbonyl (C=O) groups is 2. The molecule has 4 heterocycles. The average Bonchev–Trinajstić information content (AvgIpc) is 3.52. The van der Waals surface area contributed by atoms with Gasteiger partial charge in [0.15, 0.2) is 11.5 Å².